The molecule has 3 nitrogen and oxygen atoms in total. The lowest BCUT2D eigenvalue weighted by molar-refractivity contribution is 0.625. The molecule has 1 aromatic heterocycles. The van der Waals surface area contributed by atoms with E-state index in [0.717, 1.165) is 34.0 Å². The molecule has 0 amide bonds. The minimum absolute atomic E-state index is 0.557. The molecule has 1 saturated heterocycles. The number of nitrogens with two attached hydrogens (primary N) is 1. The molecule has 1 aliphatic heterocycles. The Bertz CT molecular complexity index is 405. The molecule has 4 heteroatoms. The highest BCUT2D eigenvalue weighted by molar-refractivity contribution is 9.10. The van der Waals surface area contributed by atoms with Crippen LogP contribution in [0.4, 0.5) is 11.5 Å². The van der Waals surface area contributed by atoms with Gasteiger partial charge >= 0.3 is 0 Å². The molecule has 0 radical (unpaired) electrons. The van der Waals surface area contributed by atoms with Crippen LogP contribution < -0.4 is 10.6 Å². The van der Waals surface area contributed by atoms with Crippen molar-refractivity contribution in [3.8, 4) is 0 Å². The van der Waals surface area contributed by atoms with Crippen molar-refractivity contribution in [2.75, 3.05) is 17.2 Å². The molecule has 88 valence electrons. The number of hydrogen-bond acceptors (Lipinski definition) is 3. The molecule has 2 atom stereocenters. The van der Waals surface area contributed by atoms with Gasteiger partial charge in [-0.15, -0.1) is 0 Å². The second-order valence-corrected chi connectivity index (χ2v) is 5.61. The molecule has 2 unspecified atom stereocenters. The lowest BCUT2D eigenvalue weighted by atomic mass is 10.1. The van der Waals surface area contributed by atoms with Crippen molar-refractivity contribution in [3.05, 3.63) is 16.2 Å². The minimum Gasteiger partial charge on any atom is -0.397 e. The molecule has 2 N–H and O–H groups in total. The van der Waals surface area contributed by atoms with Gasteiger partial charge in [-0.1, -0.05) is 6.92 Å². The van der Waals surface area contributed by atoms with Gasteiger partial charge < -0.3 is 10.6 Å². The SMILES string of the molecule is Cc1c(N)cnc(N2CC(C)CC2C)c1Br. The molecule has 1 aliphatic rings. The van der Waals surface area contributed by atoms with Crippen LogP contribution in [-0.2, 0) is 0 Å². The zero-order valence-corrected chi connectivity index (χ0v) is 11.6. The monoisotopic (exact) mass is 283 g/mol. The normalized spacial score (nSPS) is 25.1. The summed E-state index contributed by atoms with van der Waals surface area (Å²) < 4.78 is 1.04. The van der Waals surface area contributed by atoms with Gasteiger partial charge in [0.1, 0.15) is 5.82 Å². The lowest BCUT2D eigenvalue weighted by Gasteiger charge is -2.24. The first-order chi connectivity index (χ1) is 7.50. The Balaban J connectivity index is 2.38. The van der Waals surface area contributed by atoms with E-state index in [0.29, 0.717) is 6.04 Å². The van der Waals surface area contributed by atoms with Crippen molar-refractivity contribution in [1.29, 1.82) is 0 Å². The van der Waals surface area contributed by atoms with Gasteiger partial charge in [-0.2, -0.15) is 0 Å². The van der Waals surface area contributed by atoms with E-state index < -0.39 is 0 Å². The second-order valence-electron chi connectivity index (χ2n) is 4.82. The molecule has 0 aliphatic carbocycles. The summed E-state index contributed by atoms with van der Waals surface area (Å²) >= 11 is 3.60. The number of rotatable bonds is 1. The number of halogens is 1. The van der Waals surface area contributed by atoms with Gasteiger partial charge in [0.2, 0.25) is 0 Å². The van der Waals surface area contributed by atoms with Crippen LogP contribution in [0.25, 0.3) is 0 Å². The predicted molar refractivity (Wildman–Crippen MR) is 71.7 cm³/mol. The summed E-state index contributed by atoms with van der Waals surface area (Å²) in [4.78, 5) is 6.82. The number of anilines is 2. The first-order valence-electron chi connectivity index (χ1n) is 5.68. The Morgan fingerprint density at radius 2 is 2.19 bits per heavy atom. The lowest BCUT2D eigenvalue weighted by Crippen LogP contribution is -2.28. The van der Waals surface area contributed by atoms with E-state index >= 15 is 0 Å². The Kier molecular flexibility index (Phi) is 3.10. The van der Waals surface area contributed by atoms with E-state index in [9.17, 15) is 0 Å². The van der Waals surface area contributed by atoms with Gasteiger partial charge in [-0.05, 0) is 47.7 Å². The fraction of sp³-hybridized carbons (Fsp3) is 0.583. The third-order valence-electron chi connectivity index (χ3n) is 3.34. The van der Waals surface area contributed by atoms with Crippen LogP contribution in [0.2, 0.25) is 0 Å². The number of hydrogen-bond donors (Lipinski definition) is 1. The third-order valence-corrected chi connectivity index (χ3v) is 4.29. The smallest absolute Gasteiger partial charge is 0.143 e. The zero-order chi connectivity index (χ0) is 11.9. The second kappa shape index (κ2) is 4.24. The van der Waals surface area contributed by atoms with Crippen molar-refractivity contribution in [3.63, 3.8) is 0 Å². The summed E-state index contributed by atoms with van der Waals surface area (Å²) in [5, 5.41) is 0. The standard InChI is InChI=1S/C12H18BrN3/c1-7-4-8(2)16(6-7)12-11(13)9(3)10(14)5-15-12/h5,7-8H,4,6,14H2,1-3H3. The maximum Gasteiger partial charge on any atom is 0.143 e. The van der Waals surface area contributed by atoms with Crippen molar-refractivity contribution in [1.82, 2.24) is 4.98 Å². The van der Waals surface area contributed by atoms with Crippen molar-refractivity contribution in [2.45, 2.75) is 33.2 Å². The number of nitrogens with zero attached hydrogens (tertiary/aromatic N) is 2. The zero-order valence-electron chi connectivity index (χ0n) is 10.00. The van der Waals surface area contributed by atoms with Gasteiger partial charge in [-0.25, -0.2) is 4.98 Å². The van der Waals surface area contributed by atoms with Crippen molar-refractivity contribution in [2.24, 2.45) is 5.92 Å². The number of pyridine rings is 1. The van der Waals surface area contributed by atoms with E-state index in [1.165, 1.54) is 6.42 Å². The Morgan fingerprint density at radius 3 is 2.75 bits per heavy atom. The fourth-order valence-electron chi connectivity index (χ4n) is 2.37. The molecule has 0 bridgehead atoms. The molecule has 2 heterocycles. The molecule has 16 heavy (non-hydrogen) atoms. The van der Waals surface area contributed by atoms with Crippen LogP contribution in [0.5, 0.6) is 0 Å². The summed E-state index contributed by atoms with van der Waals surface area (Å²) in [6.45, 7) is 7.64. The first kappa shape index (κ1) is 11.7. The average molecular weight is 284 g/mol. The molecule has 0 saturated carbocycles. The van der Waals surface area contributed by atoms with E-state index in [-0.39, 0.29) is 0 Å². The highest BCUT2D eigenvalue weighted by Gasteiger charge is 2.28. The largest absolute Gasteiger partial charge is 0.397 e. The summed E-state index contributed by atoms with van der Waals surface area (Å²) in [6.07, 6.45) is 2.99. The molecular weight excluding hydrogens is 266 g/mol. The van der Waals surface area contributed by atoms with E-state index in [1.807, 2.05) is 6.92 Å². The molecule has 2 rings (SSSR count). The molecule has 1 aromatic rings. The van der Waals surface area contributed by atoms with E-state index in [2.05, 4.69) is 39.7 Å². The van der Waals surface area contributed by atoms with Crippen LogP contribution in [0.3, 0.4) is 0 Å². The quantitative estimate of drug-likeness (QED) is 0.862. The van der Waals surface area contributed by atoms with Crippen LogP contribution >= 0.6 is 15.9 Å². The summed E-state index contributed by atoms with van der Waals surface area (Å²) in [5.41, 5.74) is 7.67. The summed E-state index contributed by atoms with van der Waals surface area (Å²) in [6, 6.07) is 0.557. The van der Waals surface area contributed by atoms with Gasteiger partial charge in [0.25, 0.3) is 0 Å². The minimum atomic E-state index is 0.557. The maximum absolute atomic E-state index is 5.84. The fourth-order valence-corrected chi connectivity index (χ4v) is 2.93. The maximum atomic E-state index is 5.84. The van der Waals surface area contributed by atoms with Crippen LogP contribution in [0.1, 0.15) is 25.8 Å². The molecular formula is C12H18BrN3. The average Bonchev–Trinajstić information content (AvgIpc) is 2.55. The van der Waals surface area contributed by atoms with E-state index in [1.54, 1.807) is 6.20 Å². The van der Waals surface area contributed by atoms with Crippen LogP contribution in [-0.4, -0.2) is 17.6 Å². The van der Waals surface area contributed by atoms with Crippen molar-refractivity contribution < 1.29 is 0 Å². The van der Waals surface area contributed by atoms with Crippen molar-refractivity contribution >= 4 is 27.4 Å². The van der Waals surface area contributed by atoms with E-state index in [4.69, 9.17) is 5.73 Å². The molecule has 0 spiro atoms. The van der Waals surface area contributed by atoms with Gasteiger partial charge in [0.05, 0.1) is 16.4 Å². The topological polar surface area (TPSA) is 42.1 Å². The summed E-state index contributed by atoms with van der Waals surface area (Å²) in [5.74, 6) is 1.77. The molecule has 1 fully saturated rings. The van der Waals surface area contributed by atoms with Gasteiger partial charge in [-0.3, -0.25) is 0 Å². The predicted octanol–water partition coefficient (Wildman–Crippen LogP) is 2.97. The van der Waals surface area contributed by atoms with Crippen LogP contribution in [0, 0.1) is 12.8 Å². The number of nitrogen functional groups attached to an aromatic ring is 1. The Hall–Kier alpha value is -0.770. The highest BCUT2D eigenvalue weighted by atomic mass is 79.9. The number of aromatic nitrogens is 1. The summed E-state index contributed by atoms with van der Waals surface area (Å²) in [7, 11) is 0. The van der Waals surface area contributed by atoms with Crippen LogP contribution in [0.15, 0.2) is 10.7 Å². The Labute approximate surface area is 105 Å². The first-order valence-corrected chi connectivity index (χ1v) is 6.47. The molecule has 0 aromatic carbocycles. The third kappa shape index (κ3) is 1.90. The van der Waals surface area contributed by atoms with Gasteiger partial charge in [0.15, 0.2) is 0 Å². The Morgan fingerprint density at radius 1 is 1.50 bits per heavy atom. The highest BCUT2D eigenvalue weighted by Crippen LogP contribution is 2.35. The van der Waals surface area contributed by atoms with Gasteiger partial charge in [0, 0.05) is 12.6 Å².